The van der Waals surface area contributed by atoms with Gasteiger partial charge in [-0.05, 0) is 22.6 Å². The van der Waals surface area contributed by atoms with Gasteiger partial charge in [-0.3, -0.25) is 4.79 Å². The molecule has 13 heavy (non-hydrogen) atoms. The van der Waals surface area contributed by atoms with Crippen molar-refractivity contribution in [2.75, 3.05) is 0 Å². The second kappa shape index (κ2) is 3.83. The van der Waals surface area contributed by atoms with E-state index in [1.807, 2.05) is 0 Å². The third-order valence-electron chi connectivity index (χ3n) is 1.41. The van der Waals surface area contributed by atoms with E-state index in [4.69, 9.17) is 5.26 Å². The van der Waals surface area contributed by atoms with Gasteiger partial charge in [0.1, 0.15) is 6.07 Å². The molecule has 0 fully saturated rings. The predicted octanol–water partition coefficient (Wildman–Crippen LogP) is 1.79. The van der Waals surface area contributed by atoms with Crippen molar-refractivity contribution in [3.8, 4) is 6.07 Å². The summed E-state index contributed by atoms with van der Waals surface area (Å²) >= 11 is 1.56. The molecule has 0 aliphatic heterocycles. The molecule has 0 unspecified atom stereocenters. The van der Waals surface area contributed by atoms with Crippen LogP contribution < -0.4 is 5.56 Å². The molecule has 0 radical (unpaired) electrons. The minimum Gasteiger partial charge on any atom is -0.328 e. The molecule has 0 aliphatic rings. The number of pyridine rings is 1. The Morgan fingerprint density at radius 3 is 2.69 bits per heavy atom. The van der Waals surface area contributed by atoms with E-state index < -0.39 is 17.5 Å². The molecule has 0 saturated heterocycles. The van der Waals surface area contributed by atoms with Gasteiger partial charge in [0.15, 0.2) is 0 Å². The van der Waals surface area contributed by atoms with E-state index in [1.165, 1.54) is 0 Å². The van der Waals surface area contributed by atoms with Crippen molar-refractivity contribution < 1.29 is 8.78 Å². The van der Waals surface area contributed by atoms with Crippen LogP contribution in [0.5, 0.6) is 0 Å². The number of nitriles is 1. The minimum atomic E-state index is -2.75. The number of rotatable bonds is 1. The van der Waals surface area contributed by atoms with Gasteiger partial charge in [-0.15, -0.1) is 0 Å². The Morgan fingerprint density at radius 2 is 2.23 bits per heavy atom. The molecular weight excluding hydrogens is 293 g/mol. The summed E-state index contributed by atoms with van der Waals surface area (Å²) in [5, 5.41) is 8.53. The summed E-state index contributed by atoms with van der Waals surface area (Å²) in [6.07, 6.45) is -1.88. The second-order valence-electron chi connectivity index (χ2n) is 2.17. The van der Waals surface area contributed by atoms with Crippen LogP contribution >= 0.6 is 22.6 Å². The first-order valence-corrected chi connectivity index (χ1v) is 4.25. The van der Waals surface area contributed by atoms with Crippen LogP contribution in [0.4, 0.5) is 8.78 Å². The number of alkyl halides is 2. The van der Waals surface area contributed by atoms with Crippen molar-refractivity contribution >= 4 is 22.6 Å². The van der Waals surface area contributed by atoms with Gasteiger partial charge < -0.3 is 4.98 Å². The standard InChI is InChI=1S/C7H3F2IN2O/c8-6(9)4-2-12-7(13)5(10)3(4)1-11/h2,6H,(H,12,13). The molecular formula is C7H3F2IN2O. The zero-order valence-corrected chi connectivity index (χ0v) is 8.30. The highest BCUT2D eigenvalue weighted by Crippen LogP contribution is 2.22. The largest absolute Gasteiger partial charge is 0.328 e. The molecule has 3 nitrogen and oxygen atoms in total. The maximum Gasteiger partial charge on any atom is 0.266 e. The van der Waals surface area contributed by atoms with Crippen molar-refractivity contribution in [2.24, 2.45) is 0 Å². The first-order chi connectivity index (χ1) is 6.07. The van der Waals surface area contributed by atoms with Gasteiger partial charge in [0.05, 0.1) is 14.7 Å². The van der Waals surface area contributed by atoms with Gasteiger partial charge >= 0.3 is 0 Å². The molecule has 1 aromatic heterocycles. The smallest absolute Gasteiger partial charge is 0.266 e. The molecule has 1 heterocycles. The summed E-state index contributed by atoms with van der Waals surface area (Å²) in [6, 6.07) is 1.58. The predicted molar refractivity (Wildman–Crippen MR) is 49.5 cm³/mol. The quantitative estimate of drug-likeness (QED) is 0.803. The van der Waals surface area contributed by atoms with Crippen molar-refractivity contribution in [2.45, 2.75) is 6.43 Å². The van der Waals surface area contributed by atoms with Crippen LogP contribution in [0.15, 0.2) is 11.0 Å². The summed E-state index contributed by atoms with van der Waals surface area (Å²) in [7, 11) is 0. The Labute approximate surface area is 85.5 Å². The van der Waals surface area contributed by atoms with Gasteiger partial charge in [0.25, 0.3) is 12.0 Å². The first kappa shape index (κ1) is 10.1. The van der Waals surface area contributed by atoms with Crippen molar-refractivity contribution in [3.63, 3.8) is 0 Å². The number of nitrogens with zero attached hydrogens (tertiary/aromatic N) is 1. The van der Waals surface area contributed by atoms with Crippen molar-refractivity contribution in [1.82, 2.24) is 4.98 Å². The molecule has 0 saturated carbocycles. The average Bonchev–Trinajstić information content (AvgIpc) is 2.09. The Balaban J connectivity index is 3.50. The van der Waals surface area contributed by atoms with Gasteiger partial charge in [-0.2, -0.15) is 5.26 Å². The molecule has 0 atom stereocenters. The lowest BCUT2D eigenvalue weighted by molar-refractivity contribution is 0.150. The summed E-state index contributed by atoms with van der Waals surface area (Å²) in [5.74, 6) is 0. The number of halogens is 3. The highest BCUT2D eigenvalue weighted by Gasteiger charge is 2.17. The maximum atomic E-state index is 12.2. The molecule has 1 rings (SSSR count). The normalized spacial score (nSPS) is 10.1. The minimum absolute atomic E-state index is 0.00194. The summed E-state index contributed by atoms with van der Waals surface area (Å²) < 4.78 is 24.5. The Kier molecular flexibility index (Phi) is 2.98. The van der Waals surface area contributed by atoms with Crippen LogP contribution in [0.2, 0.25) is 0 Å². The molecule has 0 spiro atoms. The van der Waals surface area contributed by atoms with E-state index in [1.54, 1.807) is 28.7 Å². The zero-order chi connectivity index (χ0) is 10.0. The lowest BCUT2D eigenvalue weighted by Crippen LogP contribution is -2.13. The Bertz CT molecular complexity index is 421. The third-order valence-corrected chi connectivity index (χ3v) is 2.44. The molecule has 0 aliphatic carbocycles. The monoisotopic (exact) mass is 296 g/mol. The van der Waals surface area contributed by atoms with E-state index in [2.05, 4.69) is 4.98 Å². The SMILES string of the molecule is N#Cc1c(C(F)F)c[nH]c(=O)c1I. The summed E-state index contributed by atoms with van der Waals surface area (Å²) in [6.45, 7) is 0. The van der Waals surface area contributed by atoms with Crippen molar-refractivity contribution in [1.29, 1.82) is 5.26 Å². The highest BCUT2D eigenvalue weighted by atomic mass is 127. The number of H-pyrrole nitrogens is 1. The van der Waals surface area contributed by atoms with Crippen LogP contribution in [-0.2, 0) is 0 Å². The maximum absolute atomic E-state index is 12.2. The second-order valence-corrected chi connectivity index (χ2v) is 3.25. The van der Waals surface area contributed by atoms with E-state index >= 15 is 0 Å². The number of aromatic nitrogens is 1. The van der Waals surface area contributed by atoms with E-state index in [0.717, 1.165) is 6.20 Å². The lowest BCUT2D eigenvalue weighted by Gasteiger charge is -2.02. The van der Waals surface area contributed by atoms with Crippen molar-refractivity contribution in [3.05, 3.63) is 31.2 Å². The molecule has 1 N–H and O–H groups in total. The molecule has 68 valence electrons. The van der Waals surface area contributed by atoms with Crippen LogP contribution in [0.25, 0.3) is 0 Å². The van der Waals surface area contributed by atoms with Crippen LogP contribution in [0, 0.1) is 14.9 Å². The topological polar surface area (TPSA) is 56.6 Å². The summed E-state index contributed by atoms with van der Waals surface area (Å²) in [4.78, 5) is 13.0. The van der Waals surface area contributed by atoms with Gasteiger partial charge in [0, 0.05) is 6.20 Å². The Morgan fingerprint density at radius 1 is 1.62 bits per heavy atom. The number of hydrogen-bond donors (Lipinski definition) is 1. The van der Waals surface area contributed by atoms with Gasteiger partial charge in [-0.1, -0.05) is 0 Å². The fraction of sp³-hybridized carbons (Fsp3) is 0.143. The van der Waals surface area contributed by atoms with Gasteiger partial charge in [-0.25, -0.2) is 8.78 Å². The number of aromatic amines is 1. The zero-order valence-electron chi connectivity index (χ0n) is 6.14. The summed E-state index contributed by atoms with van der Waals surface area (Å²) in [5.41, 5.74) is -1.22. The van der Waals surface area contributed by atoms with Crippen LogP contribution in [0.3, 0.4) is 0 Å². The first-order valence-electron chi connectivity index (χ1n) is 3.17. The Hall–Kier alpha value is -0.970. The number of hydrogen-bond acceptors (Lipinski definition) is 2. The fourth-order valence-corrected chi connectivity index (χ4v) is 1.39. The molecule has 0 bridgehead atoms. The van der Waals surface area contributed by atoms with Crippen LogP contribution in [-0.4, -0.2) is 4.98 Å². The fourth-order valence-electron chi connectivity index (χ4n) is 0.805. The third kappa shape index (κ3) is 1.85. The number of nitrogens with one attached hydrogen (secondary N) is 1. The average molecular weight is 296 g/mol. The van der Waals surface area contributed by atoms with E-state index in [-0.39, 0.29) is 9.13 Å². The molecule has 6 heteroatoms. The van der Waals surface area contributed by atoms with E-state index in [9.17, 15) is 13.6 Å². The van der Waals surface area contributed by atoms with Crippen LogP contribution in [0.1, 0.15) is 17.6 Å². The van der Waals surface area contributed by atoms with E-state index in [0.29, 0.717) is 0 Å². The molecule has 0 amide bonds. The highest BCUT2D eigenvalue weighted by molar-refractivity contribution is 14.1. The molecule has 0 aromatic carbocycles. The van der Waals surface area contributed by atoms with Gasteiger partial charge in [0.2, 0.25) is 0 Å². The lowest BCUT2D eigenvalue weighted by atomic mass is 10.2. The molecule has 1 aromatic rings.